The molecule has 1 atom stereocenters. The van der Waals surface area contributed by atoms with Crippen molar-refractivity contribution >= 4 is 17.2 Å². The van der Waals surface area contributed by atoms with E-state index in [1.807, 2.05) is 10.9 Å². The summed E-state index contributed by atoms with van der Waals surface area (Å²) in [7, 11) is 0. The summed E-state index contributed by atoms with van der Waals surface area (Å²) >= 11 is 1.70. The van der Waals surface area contributed by atoms with Gasteiger partial charge in [0.2, 0.25) is 5.91 Å². The number of thiophene rings is 1. The van der Waals surface area contributed by atoms with Crippen molar-refractivity contribution in [2.75, 3.05) is 19.6 Å². The first-order valence-corrected chi connectivity index (χ1v) is 9.16. The van der Waals surface area contributed by atoms with Gasteiger partial charge in [-0.05, 0) is 60.7 Å². The van der Waals surface area contributed by atoms with Gasteiger partial charge in [0.25, 0.3) is 0 Å². The van der Waals surface area contributed by atoms with Crippen molar-refractivity contribution < 1.29 is 4.79 Å². The summed E-state index contributed by atoms with van der Waals surface area (Å²) in [6.45, 7) is 5.14. The van der Waals surface area contributed by atoms with Gasteiger partial charge in [-0.2, -0.15) is 16.4 Å². The van der Waals surface area contributed by atoms with Gasteiger partial charge in [-0.1, -0.05) is 0 Å². The maximum absolute atomic E-state index is 12.2. The van der Waals surface area contributed by atoms with Crippen LogP contribution in [0.15, 0.2) is 29.2 Å². The number of carbonyl (C=O) groups is 1. The van der Waals surface area contributed by atoms with E-state index in [0.717, 1.165) is 32.4 Å². The highest BCUT2D eigenvalue weighted by Crippen LogP contribution is 2.18. The van der Waals surface area contributed by atoms with Crippen molar-refractivity contribution in [1.82, 2.24) is 20.0 Å². The molecule has 0 radical (unpaired) electrons. The Bertz CT molecular complexity index is 622. The Kier molecular flexibility index (Phi) is 5.46. The average molecular weight is 332 g/mol. The monoisotopic (exact) mass is 332 g/mol. The highest BCUT2D eigenvalue weighted by molar-refractivity contribution is 7.07. The van der Waals surface area contributed by atoms with Crippen LogP contribution >= 0.6 is 11.3 Å². The molecule has 1 N–H and O–H groups in total. The number of aryl methyl sites for hydroxylation is 1. The highest BCUT2D eigenvalue weighted by Gasteiger charge is 2.26. The molecule has 1 aliphatic rings. The quantitative estimate of drug-likeness (QED) is 0.844. The van der Waals surface area contributed by atoms with Crippen molar-refractivity contribution in [3.8, 4) is 0 Å². The minimum Gasteiger partial charge on any atom is -0.355 e. The second kappa shape index (κ2) is 7.75. The molecule has 124 valence electrons. The Morgan fingerprint density at radius 2 is 2.43 bits per heavy atom. The van der Waals surface area contributed by atoms with E-state index in [-0.39, 0.29) is 5.91 Å². The van der Waals surface area contributed by atoms with E-state index in [4.69, 9.17) is 0 Å². The lowest BCUT2D eigenvalue weighted by Gasteiger charge is -2.23. The van der Waals surface area contributed by atoms with Crippen LogP contribution in [0, 0.1) is 6.92 Å². The first-order chi connectivity index (χ1) is 11.2. The van der Waals surface area contributed by atoms with E-state index in [0.29, 0.717) is 19.1 Å². The molecule has 0 bridgehead atoms. The van der Waals surface area contributed by atoms with E-state index in [1.54, 1.807) is 11.3 Å². The SMILES string of the molecule is Cc1cnn(C[C@@H]2CCCN2CC(=O)NCCc2ccsc2)c1. The standard InChI is InChI=1S/C17H24N4OS/c1-14-9-19-21(10-14)11-16-3-2-7-20(16)12-17(22)18-6-4-15-5-8-23-13-15/h5,8-10,13,16H,2-4,6-7,11-12H2,1H3,(H,18,22)/t16-/m0/s1. The molecule has 0 unspecified atom stereocenters. The molecule has 1 amide bonds. The minimum absolute atomic E-state index is 0.128. The fourth-order valence-corrected chi connectivity index (χ4v) is 3.82. The number of carbonyl (C=O) groups excluding carboxylic acids is 1. The van der Waals surface area contributed by atoms with Gasteiger partial charge in [-0.25, -0.2) is 0 Å². The van der Waals surface area contributed by atoms with Crippen LogP contribution in [0.25, 0.3) is 0 Å². The molecule has 3 rings (SSSR count). The average Bonchev–Trinajstić information content (AvgIpc) is 3.24. The third kappa shape index (κ3) is 4.65. The largest absolute Gasteiger partial charge is 0.355 e. The molecule has 6 heteroatoms. The summed E-state index contributed by atoms with van der Waals surface area (Å²) in [5.74, 6) is 0.128. The zero-order chi connectivity index (χ0) is 16.1. The molecular formula is C17H24N4OS. The Morgan fingerprint density at radius 3 is 3.17 bits per heavy atom. The summed E-state index contributed by atoms with van der Waals surface area (Å²) in [5, 5.41) is 11.6. The third-order valence-corrected chi connectivity index (χ3v) is 5.05. The number of nitrogens with one attached hydrogen (secondary N) is 1. The van der Waals surface area contributed by atoms with E-state index < -0.39 is 0 Å². The summed E-state index contributed by atoms with van der Waals surface area (Å²) in [6, 6.07) is 2.52. The molecule has 1 saturated heterocycles. The van der Waals surface area contributed by atoms with Gasteiger partial charge in [0, 0.05) is 18.8 Å². The number of hydrogen-bond donors (Lipinski definition) is 1. The molecule has 1 aliphatic heterocycles. The van der Waals surface area contributed by atoms with Crippen LogP contribution < -0.4 is 5.32 Å². The van der Waals surface area contributed by atoms with Gasteiger partial charge in [0.05, 0.1) is 19.3 Å². The van der Waals surface area contributed by atoms with Crippen LogP contribution in [0.5, 0.6) is 0 Å². The fraction of sp³-hybridized carbons (Fsp3) is 0.529. The molecule has 23 heavy (non-hydrogen) atoms. The summed E-state index contributed by atoms with van der Waals surface area (Å²) in [5.41, 5.74) is 2.48. The third-order valence-electron chi connectivity index (χ3n) is 4.32. The lowest BCUT2D eigenvalue weighted by Crippen LogP contribution is -2.41. The number of rotatable bonds is 7. The molecular weight excluding hydrogens is 308 g/mol. The second-order valence-electron chi connectivity index (χ2n) is 6.24. The van der Waals surface area contributed by atoms with E-state index >= 15 is 0 Å². The van der Waals surface area contributed by atoms with Crippen LogP contribution in [-0.4, -0.2) is 46.3 Å². The second-order valence-corrected chi connectivity index (χ2v) is 7.02. The molecule has 0 saturated carbocycles. The summed E-state index contributed by atoms with van der Waals surface area (Å²) in [4.78, 5) is 14.4. The van der Waals surface area contributed by atoms with Crippen molar-refractivity contribution in [3.05, 3.63) is 40.3 Å². The molecule has 2 aromatic heterocycles. The van der Waals surface area contributed by atoms with E-state index in [9.17, 15) is 4.79 Å². The topological polar surface area (TPSA) is 50.2 Å². The molecule has 0 spiro atoms. The zero-order valence-corrected chi connectivity index (χ0v) is 14.4. The number of aromatic nitrogens is 2. The number of amides is 1. The van der Waals surface area contributed by atoms with Crippen LogP contribution in [0.3, 0.4) is 0 Å². The van der Waals surface area contributed by atoms with Gasteiger partial charge in [-0.3, -0.25) is 14.4 Å². The van der Waals surface area contributed by atoms with Crippen LogP contribution in [0.4, 0.5) is 0 Å². The lowest BCUT2D eigenvalue weighted by molar-refractivity contribution is -0.122. The van der Waals surface area contributed by atoms with E-state index in [2.05, 4.69) is 45.3 Å². The van der Waals surface area contributed by atoms with Crippen molar-refractivity contribution in [2.45, 2.75) is 38.8 Å². The van der Waals surface area contributed by atoms with Gasteiger partial charge in [0.1, 0.15) is 0 Å². The van der Waals surface area contributed by atoms with Gasteiger partial charge < -0.3 is 5.32 Å². The van der Waals surface area contributed by atoms with Crippen molar-refractivity contribution in [3.63, 3.8) is 0 Å². The van der Waals surface area contributed by atoms with Crippen molar-refractivity contribution in [1.29, 1.82) is 0 Å². The molecule has 3 heterocycles. The minimum atomic E-state index is 0.128. The summed E-state index contributed by atoms with van der Waals surface area (Å²) < 4.78 is 1.99. The van der Waals surface area contributed by atoms with E-state index in [1.165, 1.54) is 11.1 Å². The number of hydrogen-bond acceptors (Lipinski definition) is 4. The van der Waals surface area contributed by atoms with Crippen LogP contribution in [0.2, 0.25) is 0 Å². The first kappa shape index (κ1) is 16.2. The predicted octanol–water partition coefficient (Wildman–Crippen LogP) is 2.08. The Balaban J connectivity index is 1.43. The van der Waals surface area contributed by atoms with Gasteiger partial charge in [0.15, 0.2) is 0 Å². The maximum atomic E-state index is 12.2. The predicted molar refractivity (Wildman–Crippen MR) is 92.6 cm³/mol. The Morgan fingerprint density at radius 1 is 1.52 bits per heavy atom. The Labute approximate surface area is 141 Å². The zero-order valence-electron chi connectivity index (χ0n) is 13.6. The van der Waals surface area contributed by atoms with Crippen LogP contribution in [0.1, 0.15) is 24.0 Å². The fourth-order valence-electron chi connectivity index (χ4n) is 3.11. The summed E-state index contributed by atoms with van der Waals surface area (Å²) in [6.07, 6.45) is 7.16. The smallest absolute Gasteiger partial charge is 0.234 e. The molecule has 5 nitrogen and oxygen atoms in total. The normalized spacial score (nSPS) is 18.4. The highest BCUT2D eigenvalue weighted by atomic mass is 32.1. The first-order valence-electron chi connectivity index (χ1n) is 8.21. The van der Waals surface area contributed by atoms with Gasteiger partial charge in [-0.15, -0.1) is 0 Å². The number of likely N-dealkylation sites (tertiary alicyclic amines) is 1. The number of nitrogens with zero attached hydrogens (tertiary/aromatic N) is 3. The molecule has 1 fully saturated rings. The molecule has 0 aliphatic carbocycles. The van der Waals surface area contributed by atoms with Gasteiger partial charge >= 0.3 is 0 Å². The molecule has 0 aromatic carbocycles. The lowest BCUT2D eigenvalue weighted by atomic mass is 10.2. The van der Waals surface area contributed by atoms with Crippen molar-refractivity contribution in [2.24, 2.45) is 0 Å². The maximum Gasteiger partial charge on any atom is 0.234 e. The van der Waals surface area contributed by atoms with Crippen LogP contribution in [-0.2, 0) is 17.8 Å². The Hall–Kier alpha value is -1.66. The molecule has 2 aromatic rings.